The van der Waals surface area contributed by atoms with Crippen LogP contribution < -0.4 is 0 Å². The van der Waals surface area contributed by atoms with Crippen LogP contribution in [-0.4, -0.2) is 18.3 Å². The van der Waals surface area contributed by atoms with Gasteiger partial charge in [-0.25, -0.2) is 0 Å². The van der Waals surface area contributed by atoms with E-state index >= 15 is 0 Å². The number of carbonyl (C=O) groups is 1. The second-order valence-electron chi connectivity index (χ2n) is 8.95. The maximum atomic E-state index is 12.4. The molecule has 3 saturated carbocycles. The highest BCUT2D eigenvalue weighted by atomic mass is 16.6. The average molecular weight is 315 g/mol. The Morgan fingerprint density at radius 1 is 1.22 bits per heavy atom. The average Bonchev–Trinajstić information content (AvgIpc) is 3.01. The Hall–Kier alpha value is -1.12. The maximum absolute atomic E-state index is 12.4. The normalized spacial score (nSPS) is 52.2. The summed E-state index contributed by atoms with van der Waals surface area (Å²) < 4.78 is 5.55. The van der Waals surface area contributed by atoms with Crippen molar-refractivity contribution in [1.29, 1.82) is 5.41 Å². The van der Waals surface area contributed by atoms with Crippen LogP contribution in [0.1, 0.15) is 58.8 Å². The van der Waals surface area contributed by atoms with Gasteiger partial charge in [0.15, 0.2) is 0 Å². The van der Waals surface area contributed by atoms with E-state index in [0.29, 0.717) is 17.8 Å². The fraction of sp³-hybridized carbons (Fsp3) is 0.800. The number of rotatable bonds is 2. The van der Waals surface area contributed by atoms with Crippen molar-refractivity contribution in [3.05, 3.63) is 12.2 Å². The number of fused-ring (bicyclic) bond motifs is 3. The molecule has 4 rings (SSSR count). The second kappa shape index (κ2) is 4.94. The van der Waals surface area contributed by atoms with Gasteiger partial charge in [0.25, 0.3) is 0 Å². The lowest BCUT2D eigenvalue weighted by Crippen LogP contribution is -2.50. The van der Waals surface area contributed by atoms with Gasteiger partial charge in [-0.3, -0.25) is 4.79 Å². The fourth-order valence-electron chi connectivity index (χ4n) is 6.56. The molecular formula is C20H29NO2. The molecule has 126 valence electrons. The van der Waals surface area contributed by atoms with Gasteiger partial charge in [-0.2, -0.15) is 0 Å². The highest BCUT2D eigenvalue weighted by Crippen LogP contribution is 2.63. The van der Waals surface area contributed by atoms with Crippen LogP contribution in [0.2, 0.25) is 0 Å². The van der Waals surface area contributed by atoms with Crippen molar-refractivity contribution < 1.29 is 9.53 Å². The minimum atomic E-state index is 0.0115. The number of esters is 1. The SMILES string of the molecule is C=C1CC[C@H]2[C@H](C=N)[C@@H]([C@@]3(C)CC[C@H]4C[C@@H]3C(=O)O4)CC[C@]12C. The van der Waals surface area contributed by atoms with Crippen molar-refractivity contribution in [2.24, 2.45) is 34.5 Å². The molecule has 0 aromatic carbocycles. The Labute approximate surface area is 139 Å². The molecule has 1 saturated heterocycles. The van der Waals surface area contributed by atoms with Crippen molar-refractivity contribution in [3.8, 4) is 0 Å². The van der Waals surface area contributed by atoms with Gasteiger partial charge in [0.1, 0.15) is 6.10 Å². The second-order valence-corrected chi connectivity index (χ2v) is 8.95. The molecule has 23 heavy (non-hydrogen) atoms. The summed E-state index contributed by atoms with van der Waals surface area (Å²) in [6.45, 7) is 9.01. The number of allylic oxidation sites excluding steroid dienone is 1. The molecule has 0 radical (unpaired) electrons. The number of hydrogen-bond acceptors (Lipinski definition) is 3. The first-order valence-electron chi connectivity index (χ1n) is 9.29. The van der Waals surface area contributed by atoms with Crippen LogP contribution in [0.25, 0.3) is 0 Å². The smallest absolute Gasteiger partial charge is 0.309 e. The highest BCUT2D eigenvalue weighted by molar-refractivity contribution is 5.76. The molecule has 0 aromatic rings. The summed E-state index contributed by atoms with van der Waals surface area (Å²) in [5.74, 6) is 1.37. The number of ether oxygens (including phenoxy) is 1. The van der Waals surface area contributed by atoms with E-state index in [-0.39, 0.29) is 28.8 Å². The van der Waals surface area contributed by atoms with E-state index in [9.17, 15) is 4.79 Å². The van der Waals surface area contributed by atoms with Crippen LogP contribution in [-0.2, 0) is 9.53 Å². The number of carbonyl (C=O) groups excluding carboxylic acids is 1. The Kier molecular flexibility index (Phi) is 3.31. The predicted octanol–water partition coefficient (Wildman–Crippen LogP) is 4.37. The molecular weight excluding hydrogens is 286 g/mol. The van der Waals surface area contributed by atoms with Gasteiger partial charge in [0, 0.05) is 5.92 Å². The van der Waals surface area contributed by atoms with Gasteiger partial charge in [-0.1, -0.05) is 26.0 Å². The standard InChI is InChI=1S/C20H29NO2/c1-12-4-5-15-14(11-21)16(7-9-19(12,15)2)20(3)8-6-13-10-17(20)18(22)23-13/h11,13-17,21H,1,4-10H2,2-3H3/t13-,14-,15-,16-,17+,19+,20+/m0/s1. The number of hydrogen-bond donors (Lipinski definition) is 1. The number of nitrogens with one attached hydrogen (secondary N) is 1. The van der Waals surface area contributed by atoms with E-state index in [4.69, 9.17) is 10.1 Å². The molecule has 7 atom stereocenters. The highest BCUT2D eigenvalue weighted by Gasteiger charge is 2.59. The Morgan fingerprint density at radius 2 is 2.00 bits per heavy atom. The topological polar surface area (TPSA) is 50.2 Å². The van der Waals surface area contributed by atoms with Crippen molar-refractivity contribution >= 4 is 12.2 Å². The molecule has 4 fully saturated rings. The molecule has 3 heteroatoms. The quantitative estimate of drug-likeness (QED) is 0.467. The largest absolute Gasteiger partial charge is 0.462 e. The molecule has 1 N–H and O–H groups in total. The molecule has 4 aliphatic rings. The van der Waals surface area contributed by atoms with Crippen molar-refractivity contribution in [1.82, 2.24) is 0 Å². The summed E-state index contributed by atoms with van der Waals surface area (Å²) in [7, 11) is 0. The molecule has 0 amide bonds. The Balaban J connectivity index is 1.68. The lowest BCUT2D eigenvalue weighted by Gasteiger charge is -2.53. The van der Waals surface area contributed by atoms with E-state index in [0.717, 1.165) is 32.1 Å². The van der Waals surface area contributed by atoms with E-state index in [1.165, 1.54) is 18.4 Å². The first-order chi connectivity index (χ1) is 10.9. The van der Waals surface area contributed by atoms with Crippen LogP contribution in [0.15, 0.2) is 12.2 Å². The molecule has 1 heterocycles. The third kappa shape index (κ3) is 1.94. The fourth-order valence-corrected chi connectivity index (χ4v) is 6.56. The Morgan fingerprint density at radius 3 is 2.74 bits per heavy atom. The lowest BCUT2D eigenvalue weighted by atomic mass is 9.50. The zero-order valence-electron chi connectivity index (χ0n) is 14.4. The van der Waals surface area contributed by atoms with Gasteiger partial charge in [-0.05, 0) is 73.8 Å². The van der Waals surface area contributed by atoms with Gasteiger partial charge in [0.2, 0.25) is 0 Å². The summed E-state index contributed by atoms with van der Waals surface area (Å²) in [5.41, 5.74) is 1.61. The molecule has 0 unspecified atom stereocenters. The lowest BCUT2D eigenvalue weighted by molar-refractivity contribution is -0.146. The summed E-state index contributed by atoms with van der Waals surface area (Å²) in [4.78, 5) is 12.4. The monoisotopic (exact) mass is 315 g/mol. The molecule has 2 bridgehead atoms. The first kappa shape index (κ1) is 15.4. The summed E-state index contributed by atoms with van der Waals surface area (Å²) in [6.07, 6.45) is 9.45. The summed E-state index contributed by atoms with van der Waals surface area (Å²) in [6, 6.07) is 0. The maximum Gasteiger partial charge on any atom is 0.309 e. The zero-order valence-corrected chi connectivity index (χ0v) is 14.4. The Bertz CT molecular complexity index is 570. The van der Waals surface area contributed by atoms with Gasteiger partial charge < -0.3 is 10.1 Å². The van der Waals surface area contributed by atoms with E-state index in [1.807, 2.05) is 0 Å². The molecule has 0 spiro atoms. The van der Waals surface area contributed by atoms with E-state index in [1.54, 1.807) is 6.21 Å². The van der Waals surface area contributed by atoms with Gasteiger partial charge >= 0.3 is 5.97 Å². The van der Waals surface area contributed by atoms with Crippen molar-refractivity contribution in [3.63, 3.8) is 0 Å². The van der Waals surface area contributed by atoms with Crippen LogP contribution in [0.4, 0.5) is 0 Å². The van der Waals surface area contributed by atoms with Crippen LogP contribution in [0.3, 0.4) is 0 Å². The third-order valence-electron chi connectivity index (χ3n) is 8.19. The minimum Gasteiger partial charge on any atom is -0.462 e. The van der Waals surface area contributed by atoms with Gasteiger partial charge in [0.05, 0.1) is 5.92 Å². The zero-order chi connectivity index (χ0) is 16.4. The van der Waals surface area contributed by atoms with E-state index in [2.05, 4.69) is 20.4 Å². The van der Waals surface area contributed by atoms with Crippen molar-refractivity contribution in [2.45, 2.75) is 64.9 Å². The molecule has 3 aliphatic carbocycles. The van der Waals surface area contributed by atoms with Crippen LogP contribution in [0.5, 0.6) is 0 Å². The predicted molar refractivity (Wildman–Crippen MR) is 90.3 cm³/mol. The first-order valence-corrected chi connectivity index (χ1v) is 9.29. The molecule has 1 aliphatic heterocycles. The van der Waals surface area contributed by atoms with Gasteiger partial charge in [-0.15, -0.1) is 0 Å². The van der Waals surface area contributed by atoms with E-state index < -0.39 is 0 Å². The molecule has 0 aromatic heterocycles. The van der Waals surface area contributed by atoms with Crippen molar-refractivity contribution in [2.75, 3.05) is 0 Å². The minimum absolute atomic E-state index is 0.0115. The molecule has 3 nitrogen and oxygen atoms in total. The van der Waals surface area contributed by atoms with Crippen LogP contribution in [0, 0.1) is 39.9 Å². The summed E-state index contributed by atoms with van der Waals surface area (Å²) in [5, 5.41) is 8.15. The van der Waals surface area contributed by atoms with Crippen LogP contribution >= 0.6 is 0 Å². The summed E-state index contributed by atoms with van der Waals surface area (Å²) >= 11 is 0. The third-order valence-corrected chi connectivity index (χ3v) is 8.19.